The minimum Gasteiger partial charge on any atom is -0.324 e. The van der Waals surface area contributed by atoms with Crippen molar-refractivity contribution in [2.45, 2.75) is 6.42 Å². The van der Waals surface area contributed by atoms with Crippen molar-refractivity contribution < 1.29 is 9.72 Å². The van der Waals surface area contributed by atoms with E-state index in [1.165, 1.54) is 12.1 Å². The lowest BCUT2D eigenvalue weighted by molar-refractivity contribution is -0.384. The first-order valence-electron chi connectivity index (χ1n) is 7.11. The number of nitrogens with zero attached hydrogens (tertiary/aromatic N) is 2. The number of hydrogen-bond donors (Lipinski definition) is 1. The number of halogens is 1. The fourth-order valence-corrected chi connectivity index (χ4v) is 2.46. The molecule has 24 heavy (non-hydrogen) atoms. The molecule has 6 nitrogen and oxygen atoms in total. The summed E-state index contributed by atoms with van der Waals surface area (Å²) in [5, 5.41) is 14.1. The van der Waals surface area contributed by atoms with Crippen LogP contribution in [0.2, 0.25) is 5.02 Å². The van der Waals surface area contributed by atoms with Crippen LogP contribution in [0.3, 0.4) is 0 Å². The lowest BCUT2D eigenvalue weighted by Crippen LogP contribution is -2.13. The molecule has 0 atom stereocenters. The van der Waals surface area contributed by atoms with Crippen molar-refractivity contribution >= 4 is 46.4 Å². The summed E-state index contributed by atoms with van der Waals surface area (Å²) in [4.78, 5) is 26.8. The molecule has 1 heterocycles. The molecular formula is C17H12ClN3O3. The fraction of sp³-hybridized carbons (Fsp3) is 0.0588. The van der Waals surface area contributed by atoms with Crippen LogP contribution in [0.15, 0.2) is 53.5 Å². The van der Waals surface area contributed by atoms with E-state index in [-0.39, 0.29) is 18.0 Å². The number of nitro benzene ring substituents is 1. The lowest BCUT2D eigenvalue weighted by Gasteiger charge is -2.03. The van der Waals surface area contributed by atoms with Gasteiger partial charge in [0.1, 0.15) is 0 Å². The number of benzene rings is 2. The molecule has 1 aliphatic heterocycles. The number of aliphatic imine (C=N–C) groups is 1. The number of nitro groups is 1. The average Bonchev–Trinajstić information content (AvgIpc) is 2.70. The molecule has 7 heteroatoms. The number of allylic oxidation sites excluding steroid dienone is 1. The molecular weight excluding hydrogens is 330 g/mol. The number of hydrogen-bond acceptors (Lipinski definition) is 4. The molecule has 0 spiro atoms. The molecule has 0 saturated heterocycles. The number of nitrogens with one attached hydrogen (secondary N) is 1. The second-order valence-corrected chi connectivity index (χ2v) is 5.61. The van der Waals surface area contributed by atoms with Crippen molar-refractivity contribution in [3.8, 4) is 0 Å². The van der Waals surface area contributed by atoms with Crippen LogP contribution in [0.5, 0.6) is 0 Å². The van der Waals surface area contributed by atoms with Crippen LogP contribution in [-0.2, 0) is 4.79 Å². The summed E-state index contributed by atoms with van der Waals surface area (Å²) >= 11 is 5.93. The Kier molecular flexibility index (Phi) is 4.39. The number of non-ortho nitro benzene ring substituents is 1. The predicted octanol–water partition coefficient (Wildman–Crippen LogP) is 4.38. The van der Waals surface area contributed by atoms with E-state index in [1.807, 2.05) is 0 Å². The molecule has 1 N–H and O–H groups in total. The van der Waals surface area contributed by atoms with Gasteiger partial charge in [-0.05, 0) is 29.8 Å². The Morgan fingerprint density at radius 2 is 2.04 bits per heavy atom. The highest BCUT2D eigenvalue weighted by atomic mass is 35.5. The monoisotopic (exact) mass is 341 g/mol. The Balaban J connectivity index is 1.91. The topological polar surface area (TPSA) is 84.6 Å². The van der Waals surface area contributed by atoms with Gasteiger partial charge in [-0.25, -0.2) is 0 Å². The molecule has 120 valence electrons. The summed E-state index contributed by atoms with van der Waals surface area (Å²) in [5.41, 5.74) is 2.40. The number of rotatable bonds is 3. The van der Waals surface area contributed by atoms with Gasteiger partial charge in [0.2, 0.25) is 5.91 Å². The Labute approximate surface area is 142 Å². The number of fused-ring (bicyclic) bond motifs is 1. The highest BCUT2D eigenvalue weighted by Gasteiger charge is 2.14. The summed E-state index contributed by atoms with van der Waals surface area (Å²) in [6, 6.07) is 11.3. The van der Waals surface area contributed by atoms with E-state index < -0.39 is 4.92 Å². The third-order valence-corrected chi connectivity index (χ3v) is 3.62. The number of carbonyl (C=O) groups excluding carboxylic acids is 1. The quantitative estimate of drug-likeness (QED) is 0.664. The highest BCUT2D eigenvalue weighted by molar-refractivity contribution is 6.31. The van der Waals surface area contributed by atoms with E-state index in [2.05, 4.69) is 10.3 Å². The van der Waals surface area contributed by atoms with Crippen molar-refractivity contribution in [3.05, 3.63) is 69.2 Å². The van der Waals surface area contributed by atoms with Crippen molar-refractivity contribution in [3.63, 3.8) is 0 Å². The van der Waals surface area contributed by atoms with E-state index >= 15 is 0 Å². The van der Waals surface area contributed by atoms with Gasteiger partial charge < -0.3 is 5.32 Å². The molecule has 0 fully saturated rings. The third kappa shape index (κ3) is 3.67. The maximum Gasteiger partial charge on any atom is 0.270 e. The molecule has 0 bridgehead atoms. The van der Waals surface area contributed by atoms with Gasteiger partial charge >= 0.3 is 0 Å². The smallest absolute Gasteiger partial charge is 0.270 e. The van der Waals surface area contributed by atoms with Gasteiger partial charge in [-0.1, -0.05) is 29.8 Å². The number of anilines is 1. The maximum absolute atomic E-state index is 12.0. The molecule has 0 saturated carbocycles. The molecule has 0 aliphatic carbocycles. The molecule has 0 aromatic heterocycles. The summed E-state index contributed by atoms with van der Waals surface area (Å²) in [6.45, 7) is 0. The zero-order valence-corrected chi connectivity index (χ0v) is 13.2. The Morgan fingerprint density at radius 3 is 2.83 bits per heavy atom. The second kappa shape index (κ2) is 6.64. The van der Waals surface area contributed by atoms with Crippen LogP contribution in [-0.4, -0.2) is 16.5 Å². The van der Waals surface area contributed by atoms with E-state index in [0.29, 0.717) is 27.7 Å². The zero-order chi connectivity index (χ0) is 17.1. The van der Waals surface area contributed by atoms with Gasteiger partial charge in [0.15, 0.2) is 0 Å². The molecule has 0 unspecified atom stereocenters. The van der Waals surface area contributed by atoms with Crippen LogP contribution in [0.1, 0.15) is 12.0 Å². The van der Waals surface area contributed by atoms with Crippen LogP contribution < -0.4 is 5.32 Å². The van der Waals surface area contributed by atoms with E-state index in [1.54, 1.807) is 42.5 Å². The van der Waals surface area contributed by atoms with Crippen molar-refractivity contribution in [1.82, 2.24) is 0 Å². The molecule has 2 aromatic rings. The van der Waals surface area contributed by atoms with Gasteiger partial charge in [-0.2, -0.15) is 0 Å². The van der Waals surface area contributed by atoms with Gasteiger partial charge in [0, 0.05) is 17.2 Å². The van der Waals surface area contributed by atoms with Crippen molar-refractivity contribution in [2.24, 2.45) is 4.99 Å². The van der Waals surface area contributed by atoms with Crippen LogP contribution >= 0.6 is 11.6 Å². The summed E-state index contributed by atoms with van der Waals surface area (Å²) < 4.78 is 0. The number of carbonyl (C=O) groups is 1. The predicted molar refractivity (Wildman–Crippen MR) is 93.9 cm³/mol. The second-order valence-electron chi connectivity index (χ2n) is 5.17. The van der Waals surface area contributed by atoms with Gasteiger partial charge in [0.05, 0.1) is 28.4 Å². The normalized spacial score (nSPS) is 13.9. The largest absolute Gasteiger partial charge is 0.324 e. The first-order chi connectivity index (χ1) is 11.5. The zero-order valence-electron chi connectivity index (χ0n) is 12.4. The maximum atomic E-state index is 12.0. The summed E-state index contributed by atoms with van der Waals surface area (Å²) in [5.74, 6) is -0.196. The summed E-state index contributed by atoms with van der Waals surface area (Å²) in [6.07, 6.45) is 3.49. The summed E-state index contributed by atoms with van der Waals surface area (Å²) in [7, 11) is 0. The van der Waals surface area contributed by atoms with E-state index in [9.17, 15) is 14.9 Å². The first-order valence-corrected chi connectivity index (χ1v) is 7.48. The molecule has 2 aromatic carbocycles. The van der Waals surface area contributed by atoms with Crippen molar-refractivity contribution in [2.75, 3.05) is 5.32 Å². The molecule has 0 radical (unpaired) electrons. The Bertz CT molecular complexity index is 890. The minimum absolute atomic E-state index is 0.0117. The van der Waals surface area contributed by atoms with Gasteiger partial charge in [-0.15, -0.1) is 0 Å². The number of amides is 1. The van der Waals surface area contributed by atoms with Crippen LogP contribution in [0.4, 0.5) is 17.1 Å². The first kappa shape index (κ1) is 15.9. The average molecular weight is 342 g/mol. The lowest BCUT2D eigenvalue weighted by atomic mass is 10.1. The van der Waals surface area contributed by atoms with Crippen LogP contribution in [0, 0.1) is 10.1 Å². The Hall–Kier alpha value is -2.99. The minimum atomic E-state index is -0.450. The molecule has 3 rings (SSSR count). The highest BCUT2D eigenvalue weighted by Crippen LogP contribution is 2.30. The van der Waals surface area contributed by atoms with Crippen molar-refractivity contribution in [1.29, 1.82) is 0 Å². The van der Waals surface area contributed by atoms with Gasteiger partial charge in [0.25, 0.3) is 5.69 Å². The fourth-order valence-electron chi connectivity index (χ4n) is 2.29. The molecule has 1 amide bonds. The van der Waals surface area contributed by atoms with E-state index in [4.69, 9.17) is 11.6 Å². The molecule has 1 aliphatic rings. The van der Waals surface area contributed by atoms with Gasteiger partial charge in [-0.3, -0.25) is 19.9 Å². The SMILES string of the molecule is O=C1CC(/C=C/c2cccc([N+](=O)[O-])c2)=Nc2ccc(Cl)cc2N1. The Morgan fingerprint density at radius 1 is 1.21 bits per heavy atom. The van der Waals surface area contributed by atoms with E-state index in [0.717, 1.165) is 0 Å². The third-order valence-electron chi connectivity index (χ3n) is 3.39. The standard InChI is InChI=1S/C17H12ClN3O3/c18-12-5-7-15-16(9-12)20-17(22)10-13(19-15)6-4-11-2-1-3-14(8-11)21(23)24/h1-9H,10H2,(H,20,22)/b6-4+. The van der Waals surface area contributed by atoms with Crippen LogP contribution in [0.25, 0.3) is 6.08 Å².